The molecule has 0 bridgehead atoms. The van der Waals surface area contributed by atoms with Crippen LogP contribution in [0.25, 0.3) is 0 Å². The normalized spacial score (nSPS) is 14.0. The number of rotatable bonds is 13. The third-order valence-corrected chi connectivity index (χ3v) is 3.61. The third-order valence-electron chi connectivity index (χ3n) is 3.34. The first-order valence-corrected chi connectivity index (χ1v) is 8.40. The van der Waals surface area contributed by atoms with E-state index in [1.807, 2.05) is 24.9 Å². The smallest absolute Gasteiger partial charge is 0.102 e. The first-order valence-electron chi connectivity index (χ1n) is 7.61. The zero-order valence-electron chi connectivity index (χ0n) is 13.5. The lowest BCUT2D eigenvalue weighted by Gasteiger charge is -2.25. The molecule has 0 radical (unpaired) electrons. The minimum absolute atomic E-state index is 0.301. The van der Waals surface area contributed by atoms with Gasteiger partial charge in [-0.3, -0.25) is 10.3 Å². The predicted octanol–water partition coefficient (Wildman–Crippen LogP) is 3.72. The van der Waals surface area contributed by atoms with Gasteiger partial charge in [0.1, 0.15) is 13.3 Å². The van der Waals surface area contributed by atoms with E-state index in [0.717, 1.165) is 25.0 Å². The molecule has 2 N–H and O–H groups in total. The van der Waals surface area contributed by atoms with Gasteiger partial charge < -0.3 is 5.32 Å². The van der Waals surface area contributed by atoms with E-state index in [0.29, 0.717) is 30.2 Å². The Labute approximate surface area is 141 Å². The predicted molar refractivity (Wildman–Crippen MR) is 94.6 cm³/mol. The maximum atomic E-state index is 12.5. The fraction of sp³-hybridized carbons (Fsp3) is 0.688. The molecule has 0 heterocycles. The Hall–Kier alpha value is -0.590. The van der Waals surface area contributed by atoms with Crippen molar-refractivity contribution in [1.29, 1.82) is 5.41 Å². The maximum absolute atomic E-state index is 12.5. The van der Waals surface area contributed by atoms with E-state index in [2.05, 4.69) is 27.3 Å². The Morgan fingerprint density at radius 3 is 2.41 bits per heavy atom. The van der Waals surface area contributed by atoms with Gasteiger partial charge in [-0.25, -0.2) is 8.78 Å². The molecule has 0 aromatic rings. The van der Waals surface area contributed by atoms with Gasteiger partial charge in [0.15, 0.2) is 0 Å². The summed E-state index contributed by atoms with van der Waals surface area (Å²) >= 11 is 3.07. The first-order chi connectivity index (χ1) is 10.5. The Bertz CT molecular complexity index is 353. The molecule has 0 saturated carbocycles. The van der Waals surface area contributed by atoms with Crippen LogP contribution in [0.1, 0.15) is 19.8 Å². The van der Waals surface area contributed by atoms with E-state index in [-0.39, 0.29) is 0 Å². The number of nitrogens with one attached hydrogen (secondary N) is 2. The second kappa shape index (κ2) is 14.0. The summed E-state index contributed by atoms with van der Waals surface area (Å²) in [6, 6.07) is 0. The molecule has 6 heteroatoms. The summed E-state index contributed by atoms with van der Waals surface area (Å²) < 4.78 is 25.3. The molecule has 3 nitrogen and oxygen atoms in total. The summed E-state index contributed by atoms with van der Waals surface area (Å²) in [4.78, 5) is 1.85. The van der Waals surface area contributed by atoms with Crippen molar-refractivity contribution in [2.75, 3.05) is 46.6 Å². The number of allylic oxidation sites excluding steroid dienone is 4. The zero-order chi connectivity index (χ0) is 16.8. The molecule has 22 heavy (non-hydrogen) atoms. The van der Waals surface area contributed by atoms with Gasteiger partial charge in [-0.1, -0.05) is 17.7 Å². The molecule has 128 valence electrons. The standard InChI is InChI=1S/C16H28BrF2N3/c1-14(6-7-16(17)20)4-3-5-15(12-21-2)13-22(10-8-18)11-9-19/h4,6-7,15,20-21H,3,5,8-13H2,1-2H3/b7-6-,14-4+,20-16?. The van der Waals surface area contributed by atoms with Gasteiger partial charge in [0, 0.05) is 19.6 Å². The van der Waals surface area contributed by atoms with Gasteiger partial charge in [-0.15, -0.1) is 0 Å². The fourth-order valence-corrected chi connectivity index (χ4v) is 2.40. The number of nitrogens with zero attached hydrogens (tertiary/aromatic N) is 1. The van der Waals surface area contributed by atoms with Gasteiger partial charge >= 0.3 is 0 Å². The Kier molecular flexibility index (Phi) is 13.7. The molecule has 0 aliphatic carbocycles. The zero-order valence-corrected chi connectivity index (χ0v) is 15.1. The highest BCUT2D eigenvalue weighted by Crippen LogP contribution is 2.11. The highest BCUT2D eigenvalue weighted by Gasteiger charge is 2.13. The van der Waals surface area contributed by atoms with Gasteiger partial charge in [0.2, 0.25) is 0 Å². The van der Waals surface area contributed by atoms with Gasteiger partial charge in [-0.05, 0) is 61.3 Å². The van der Waals surface area contributed by atoms with Crippen LogP contribution in [-0.4, -0.2) is 56.1 Å². The van der Waals surface area contributed by atoms with E-state index in [1.54, 1.807) is 6.08 Å². The van der Waals surface area contributed by atoms with Crippen LogP contribution in [0.4, 0.5) is 8.78 Å². The highest BCUT2D eigenvalue weighted by molar-refractivity contribution is 9.18. The van der Waals surface area contributed by atoms with Crippen LogP contribution in [0.2, 0.25) is 0 Å². The molecule has 0 aromatic carbocycles. The summed E-state index contributed by atoms with van der Waals surface area (Å²) in [5.74, 6) is 0.366. The molecule has 0 rings (SSSR count). The van der Waals surface area contributed by atoms with Crippen molar-refractivity contribution in [2.24, 2.45) is 5.92 Å². The van der Waals surface area contributed by atoms with Crippen molar-refractivity contribution >= 4 is 20.6 Å². The summed E-state index contributed by atoms with van der Waals surface area (Å²) in [7, 11) is 1.90. The Morgan fingerprint density at radius 2 is 1.91 bits per heavy atom. The van der Waals surface area contributed by atoms with Gasteiger partial charge in [0.05, 0.1) is 4.62 Å². The molecule has 1 atom stereocenters. The number of halogens is 3. The summed E-state index contributed by atoms with van der Waals surface area (Å²) in [6.45, 7) is 3.28. The maximum Gasteiger partial charge on any atom is 0.102 e. The fourth-order valence-electron chi connectivity index (χ4n) is 2.26. The summed E-state index contributed by atoms with van der Waals surface area (Å²) in [5.41, 5.74) is 1.11. The van der Waals surface area contributed by atoms with Crippen molar-refractivity contribution < 1.29 is 8.78 Å². The van der Waals surface area contributed by atoms with Crippen molar-refractivity contribution in [3.8, 4) is 0 Å². The second-order valence-electron chi connectivity index (χ2n) is 5.31. The van der Waals surface area contributed by atoms with E-state index < -0.39 is 13.3 Å². The monoisotopic (exact) mass is 379 g/mol. The van der Waals surface area contributed by atoms with Crippen LogP contribution in [-0.2, 0) is 0 Å². The molecule has 0 fully saturated rings. The number of hydrogen-bond donors (Lipinski definition) is 2. The van der Waals surface area contributed by atoms with E-state index in [1.165, 1.54) is 0 Å². The number of alkyl halides is 2. The SMILES string of the molecule is CNCC(CC/C=C(C)/C=C\C(=N)Br)CN(CCF)CCF. The average molecular weight is 380 g/mol. The lowest BCUT2D eigenvalue weighted by Crippen LogP contribution is -2.36. The largest absolute Gasteiger partial charge is 0.319 e. The van der Waals surface area contributed by atoms with Crippen molar-refractivity contribution in [2.45, 2.75) is 19.8 Å². The van der Waals surface area contributed by atoms with Crippen molar-refractivity contribution in [3.05, 3.63) is 23.8 Å². The molecule has 0 aromatic heterocycles. The molecular weight excluding hydrogens is 352 g/mol. The topological polar surface area (TPSA) is 39.1 Å². The van der Waals surface area contributed by atoms with Crippen LogP contribution in [0.3, 0.4) is 0 Å². The van der Waals surface area contributed by atoms with Crippen molar-refractivity contribution in [1.82, 2.24) is 10.2 Å². The second-order valence-corrected chi connectivity index (χ2v) is 6.16. The molecule has 0 spiro atoms. The van der Waals surface area contributed by atoms with Gasteiger partial charge in [0.25, 0.3) is 0 Å². The quantitative estimate of drug-likeness (QED) is 0.378. The van der Waals surface area contributed by atoms with Crippen LogP contribution in [0, 0.1) is 11.3 Å². The Morgan fingerprint density at radius 1 is 1.27 bits per heavy atom. The lowest BCUT2D eigenvalue weighted by atomic mass is 10.0. The highest BCUT2D eigenvalue weighted by atomic mass is 79.9. The first kappa shape index (κ1) is 21.4. The van der Waals surface area contributed by atoms with Crippen LogP contribution in [0.5, 0.6) is 0 Å². The van der Waals surface area contributed by atoms with E-state index >= 15 is 0 Å². The lowest BCUT2D eigenvalue weighted by molar-refractivity contribution is 0.192. The van der Waals surface area contributed by atoms with Crippen LogP contribution in [0.15, 0.2) is 23.8 Å². The minimum atomic E-state index is -0.436. The third kappa shape index (κ3) is 12.0. The molecule has 0 aliphatic rings. The van der Waals surface area contributed by atoms with Crippen molar-refractivity contribution in [3.63, 3.8) is 0 Å². The van der Waals surface area contributed by atoms with E-state index in [9.17, 15) is 8.78 Å². The molecule has 0 saturated heterocycles. The molecule has 1 unspecified atom stereocenters. The molecule has 0 amide bonds. The summed E-state index contributed by atoms with van der Waals surface area (Å²) in [5, 5.41) is 10.4. The number of hydrogen-bond acceptors (Lipinski definition) is 3. The molecule has 0 aliphatic heterocycles. The van der Waals surface area contributed by atoms with Crippen LogP contribution >= 0.6 is 15.9 Å². The van der Waals surface area contributed by atoms with Gasteiger partial charge in [-0.2, -0.15) is 0 Å². The summed E-state index contributed by atoms with van der Waals surface area (Å²) in [6.07, 6.45) is 7.59. The molecular formula is C16H28BrF2N3. The average Bonchev–Trinajstić information content (AvgIpc) is 2.45. The van der Waals surface area contributed by atoms with E-state index in [4.69, 9.17) is 5.41 Å². The Balaban J connectivity index is 4.38. The van der Waals surface area contributed by atoms with Crippen LogP contribution < -0.4 is 5.32 Å². The minimum Gasteiger partial charge on any atom is -0.319 e.